The smallest absolute Gasteiger partial charge is 0.272 e. The van der Waals surface area contributed by atoms with E-state index in [0.29, 0.717) is 18.2 Å². The van der Waals surface area contributed by atoms with Crippen molar-refractivity contribution in [2.45, 2.75) is 18.8 Å². The van der Waals surface area contributed by atoms with Gasteiger partial charge in [0.05, 0.1) is 27.0 Å². The van der Waals surface area contributed by atoms with E-state index in [1.165, 1.54) is 0 Å². The second kappa shape index (κ2) is 8.34. The van der Waals surface area contributed by atoms with Gasteiger partial charge < -0.3 is 0 Å². The number of nitrogens with zero attached hydrogens (tertiary/aromatic N) is 3. The van der Waals surface area contributed by atoms with E-state index < -0.39 is 51.1 Å². The largest absolute Gasteiger partial charge is 0.416 e. The molecule has 0 amide bonds. The van der Waals surface area contributed by atoms with Crippen LogP contribution in [0.25, 0.3) is 0 Å². The molecule has 0 aromatic heterocycles. The molecule has 8 nitrogen and oxygen atoms in total. The summed E-state index contributed by atoms with van der Waals surface area (Å²) in [6, 6.07) is 3.64. The van der Waals surface area contributed by atoms with E-state index in [1.54, 1.807) is 0 Å². The summed E-state index contributed by atoms with van der Waals surface area (Å²) in [7, 11) is 0. The Bertz CT molecular complexity index is 972. The van der Waals surface area contributed by atoms with Gasteiger partial charge in [0.15, 0.2) is 0 Å². The quantitative estimate of drug-likeness (QED) is 0.290. The molecule has 160 valence electrons. The van der Waals surface area contributed by atoms with Gasteiger partial charge >= 0.3 is 18.0 Å². The maximum atomic E-state index is 12.8. The number of halogens is 6. The van der Waals surface area contributed by atoms with Crippen LogP contribution in [-0.2, 0) is 18.8 Å². The van der Waals surface area contributed by atoms with E-state index in [0.717, 1.165) is 18.3 Å². The van der Waals surface area contributed by atoms with Gasteiger partial charge in [-0.2, -0.15) is 31.4 Å². The van der Waals surface area contributed by atoms with Crippen LogP contribution in [0.15, 0.2) is 41.5 Å². The van der Waals surface area contributed by atoms with Gasteiger partial charge in [0.1, 0.15) is 5.69 Å². The number of nitrogens with one attached hydrogen (secondary N) is 1. The van der Waals surface area contributed by atoms with Crippen LogP contribution in [0.1, 0.15) is 16.7 Å². The molecular weight excluding hydrogens is 426 g/mol. The SMILES string of the molecule is O=[N+]([O-])c1ccc(NN=CCc2cc(C(F)(F)F)cc(C(F)(F)F)c2)c([N+](=O)[O-])c1. The first kappa shape index (κ1) is 22.6. The zero-order valence-electron chi connectivity index (χ0n) is 14.5. The summed E-state index contributed by atoms with van der Waals surface area (Å²) in [5, 5.41) is 25.2. The fourth-order valence-corrected chi connectivity index (χ4v) is 2.28. The molecule has 0 aliphatic rings. The van der Waals surface area contributed by atoms with Crippen molar-refractivity contribution in [3.8, 4) is 0 Å². The number of hydrazone groups is 1. The Balaban J connectivity index is 2.24. The van der Waals surface area contributed by atoms with Crippen LogP contribution in [0.5, 0.6) is 0 Å². The molecule has 0 aliphatic carbocycles. The minimum absolute atomic E-state index is 0.0148. The van der Waals surface area contributed by atoms with Gasteiger partial charge in [0.2, 0.25) is 0 Å². The van der Waals surface area contributed by atoms with Gasteiger partial charge in [0.25, 0.3) is 5.69 Å². The molecule has 2 rings (SSSR count). The number of benzene rings is 2. The number of alkyl halides is 6. The average Bonchev–Trinajstić information content (AvgIpc) is 2.63. The van der Waals surface area contributed by atoms with Crippen LogP contribution in [0, 0.1) is 20.2 Å². The maximum Gasteiger partial charge on any atom is 0.416 e. The van der Waals surface area contributed by atoms with Crippen LogP contribution in [0.4, 0.5) is 43.4 Å². The molecule has 0 saturated heterocycles. The first-order valence-electron chi connectivity index (χ1n) is 7.78. The molecule has 0 atom stereocenters. The number of anilines is 1. The monoisotopic (exact) mass is 436 g/mol. The van der Waals surface area contributed by atoms with Crippen molar-refractivity contribution < 1.29 is 36.2 Å². The van der Waals surface area contributed by atoms with Crippen molar-refractivity contribution >= 4 is 23.3 Å². The molecule has 0 radical (unpaired) electrons. The van der Waals surface area contributed by atoms with Gasteiger partial charge in [-0.1, -0.05) is 0 Å². The Hall–Kier alpha value is -3.71. The third-order valence-corrected chi connectivity index (χ3v) is 3.64. The lowest BCUT2D eigenvalue weighted by atomic mass is 10.0. The Morgan fingerprint density at radius 1 is 0.900 bits per heavy atom. The van der Waals surface area contributed by atoms with E-state index in [4.69, 9.17) is 0 Å². The molecule has 0 saturated carbocycles. The molecule has 0 heterocycles. The van der Waals surface area contributed by atoms with Crippen LogP contribution < -0.4 is 5.43 Å². The zero-order valence-corrected chi connectivity index (χ0v) is 14.5. The summed E-state index contributed by atoms with van der Waals surface area (Å²) in [5.74, 6) is 0. The summed E-state index contributed by atoms with van der Waals surface area (Å²) >= 11 is 0. The maximum absolute atomic E-state index is 12.8. The number of nitro benzene ring substituents is 2. The molecule has 0 unspecified atom stereocenters. The van der Waals surface area contributed by atoms with Gasteiger partial charge in [-0.3, -0.25) is 25.7 Å². The predicted molar refractivity (Wildman–Crippen MR) is 92.0 cm³/mol. The van der Waals surface area contributed by atoms with Crippen molar-refractivity contribution in [2.24, 2.45) is 5.10 Å². The molecule has 14 heteroatoms. The molecule has 0 spiro atoms. The summed E-state index contributed by atoms with van der Waals surface area (Å²) < 4.78 is 77.0. The second-order valence-electron chi connectivity index (χ2n) is 5.76. The number of non-ortho nitro benzene ring substituents is 1. The summed E-state index contributed by atoms with van der Waals surface area (Å²) in [6.07, 6.45) is -9.54. The minimum Gasteiger partial charge on any atom is -0.272 e. The van der Waals surface area contributed by atoms with Gasteiger partial charge in [-0.15, -0.1) is 0 Å². The highest BCUT2D eigenvalue weighted by Crippen LogP contribution is 2.36. The van der Waals surface area contributed by atoms with Gasteiger partial charge in [-0.25, -0.2) is 0 Å². The fraction of sp³-hybridized carbons (Fsp3) is 0.188. The van der Waals surface area contributed by atoms with E-state index >= 15 is 0 Å². The summed E-state index contributed by atoms with van der Waals surface area (Å²) in [5.41, 5.74) is -2.65. The van der Waals surface area contributed by atoms with Gasteiger partial charge in [-0.05, 0) is 29.8 Å². The van der Waals surface area contributed by atoms with Gasteiger partial charge in [0, 0.05) is 18.7 Å². The lowest BCUT2D eigenvalue weighted by Gasteiger charge is -2.13. The van der Waals surface area contributed by atoms with Crippen LogP contribution >= 0.6 is 0 Å². The van der Waals surface area contributed by atoms with Crippen molar-refractivity contribution in [3.05, 3.63) is 73.3 Å². The van der Waals surface area contributed by atoms with Crippen molar-refractivity contribution in [1.29, 1.82) is 0 Å². The first-order valence-corrected chi connectivity index (χ1v) is 7.78. The molecular formula is C16H10F6N4O4. The van der Waals surface area contributed by atoms with E-state index in [1.807, 2.05) is 0 Å². The number of rotatable bonds is 6. The molecule has 2 aromatic rings. The molecule has 0 fully saturated rings. The highest BCUT2D eigenvalue weighted by Gasteiger charge is 2.36. The van der Waals surface area contributed by atoms with Crippen LogP contribution in [0.3, 0.4) is 0 Å². The molecule has 2 aromatic carbocycles. The van der Waals surface area contributed by atoms with E-state index in [-0.39, 0.29) is 17.3 Å². The normalized spacial score (nSPS) is 12.2. The Morgan fingerprint density at radius 2 is 1.47 bits per heavy atom. The third kappa shape index (κ3) is 5.65. The second-order valence-corrected chi connectivity index (χ2v) is 5.76. The molecule has 30 heavy (non-hydrogen) atoms. The number of hydrogen-bond acceptors (Lipinski definition) is 6. The standard InChI is InChI=1S/C16H10F6N4O4/c17-15(18,19)10-5-9(6-11(7-10)16(20,21)22)3-4-23-24-13-2-1-12(25(27)28)8-14(13)26(29)30/h1-2,4-8,24H,3H2. The Morgan fingerprint density at radius 3 is 1.93 bits per heavy atom. The van der Waals surface area contributed by atoms with Crippen LogP contribution in [-0.4, -0.2) is 16.1 Å². The number of nitro groups is 2. The Labute approximate surface area is 163 Å². The minimum atomic E-state index is -5.00. The zero-order chi connectivity index (χ0) is 22.7. The molecule has 0 aliphatic heterocycles. The van der Waals surface area contributed by atoms with Crippen molar-refractivity contribution in [1.82, 2.24) is 0 Å². The van der Waals surface area contributed by atoms with Crippen molar-refractivity contribution in [2.75, 3.05) is 5.43 Å². The highest BCUT2D eigenvalue weighted by molar-refractivity contribution is 5.68. The lowest BCUT2D eigenvalue weighted by Crippen LogP contribution is -2.12. The van der Waals surface area contributed by atoms with Crippen molar-refractivity contribution in [3.63, 3.8) is 0 Å². The van der Waals surface area contributed by atoms with E-state index in [2.05, 4.69) is 10.5 Å². The average molecular weight is 436 g/mol. The number of hydrogen-bond donors (Lipinski definition) is 1. The first-order chi connectivity index (χ1) is 13.8. The summed E-state index contributed by atoms with van der Waals surface area (Å²) in [6.45, 7) is 0. The van der Waals surface area contributed by atoms with E-state index in [9.17, 15) is 46.6 Å². The molecule has 0 bridgehead atoms. The van der Waals surface area contributed by atoms with Crippen LogP contribution in [0.2, 0.25) is 0 Å². The summed E-state index contributed by atoms with van der Waals surface area (Å²) in [4.78, 5) is 19.9. The predicted octanol–water partition coefficient (Wildman–Crippen LogP) is 5.18. The fourth-order valence-electron chi connectivity index (χ4n) is 2.28. The topological polar surface area (TPSA) is 111 Å². The third-order valence-electron chi connectivity index (χ3n) is 3.64. The Kier molecular flexibility index (Phi) is 6.28. The molecule has 1 N–H and O–H groups in total. The lowest BCUT2D eigenvalue weighted by molar-refractivity contribution is -0.393. The highest BCUT2D eigenvalue weighted by atomic mass is 19.4.